The second kappa shape index (κ2) is 18.4. The van der Waals surface area contributed by atoms with Crippen molar-refractivity contribution in [2.45, 2.75) is 27.1 Å². The first kappa shape index (κ1) is 35.0. The summed E-state index contributed by atoms with van der Waals surface area (Å²) in [6.07, 6.45) is -2.15. The van der Waals surface area contributed by atoms with E-state index in [2.05, 4.69) is 0 Å². The van der Waals surface area contributed by atoms with E-state index in [0.29, 0.717) is 0 Å². The van der Waals surface area contributed by atoms with Gasteiger partial charge in [-0.15, -0.1) is 0 Å². The highest BCUT2D eigenvalue weighted by Crippen LogP contribution is 2.21. The molecule has 0 heterocycles. The Morgan fingerprint density at radius 2 is 0.930 bits per heavy atom. The van der Waals surface area contributed by atoms with Gasteiger partial charge in [-0.05, 0) is 25.0 Å². The summed E-state index contributed by atoms with van der Waals surface area (Å²) < 4.78 is 35.2. The number of rotatable bonds is 18. The van der Waals surface area contributed by atoms with Crippen LogP contribution in [0, 0.1) is 10.8 Å². The smallest absolute Gasteiger partial charge is 0.460 e. The van der Waals surface area contributed by atoms with Gasteiger partial charge in [0.15, 0.2) is 0 Å². The van der Waals surface area contributed by atoms with Crippen LogP contribution in [0.25, 0.3) is 0 Å². The fraction of sp³-hybridized carbons (Fsp3) is 0.467. The summed E-state index contributed by atoms with van der Waals surface area (Å²) in [7, 11) is 0. The molecule has 2 atom stereocenters. The van der Waals surface area contributed by atoms with Gasteiger partial charge in [-0.25, -0.2) is 9.59 Å². The first-order valence-corrected chi connectivity index (χ1v) is 13.4. The quantitative estimate of drug-likeness (QED) is 0.144. The summed E-state index contributed by atoms with van der Waals surface area (Å²) in [5, 5.41) is 19.3. The monoisotopic (exact) mass is 606 g/mol. The average molecular weight is 607 g/mol. The Labute approximate surface area is 249 Å². The molecule has 0 fully saturated rings. The van der Waals surface area contributed by atoms with Crippen LogP contribution < -0.4 is 0 Å². The zero-order valence-corrected chi connectivity index (χ0v) is 24.2. The SMILES string of the molecule is CC(CO)(COC(=O)OCCOCCOC(=O)OCC(C)(CO)C(=O)OCc1ccccc1)C(=O)OCc1ccccc1. The van der Waals surface area contributed by atoms with Crippen LogP contribution in [0.4, 0.5) is 9.59 Å². The molecule has 0 saturated carbocycles. The van der Waals surface area contributed by atoms with Gasteiger partial charge in [0, 0.05) is 0 Å². The molecular weight excluding hydrogens is 568 g/mol. The lowest BCUT2D eigenvalue weighted by molar-refractivity contribution is -0.163. The molecule has 2 aromatic carbocycles. The molecule has 0 aliphatic carbocycles. The van der Waals surface area contributed by atoms with Crippen LogP contribution in [0.5, 0.6) is 0 Å². The van der Waals surface area contributed by atoms with Gasteiger partial charge in [0.05, 0.1) is 26.4 Å². The summed E-state index contributed by atoms with van der Waals surface area (Å²) in [5.74, 6) is -1.48. The Kier molecular flexibility index (Phi) is 14.9. The van der Waals surface area contributed by atoms with Crippen LogP contribution in [-0.2, 0) is 56.0 Å². The van der Waals surface area contributed by atoms with E-state index < -0.39 is 61.5 Å². The molecule has 0 bridgehead atoms. The lowest BCUT2D eigenvalue weighted by Gasteiger charge is -2.24. The van der Waals surface area contributed by atoms with E-state index in [9.17, 15) is 29.4 Å². The van der Waals surface area contributed by atoms with Crippen molar-refractivity contribution in [2.75, 3.05) is 52.9 Å². The molecule has 2 rings (SSSR count). The molecule has 13 nitrogen and oxygen atoms in total. The van der Waals surface area contributed by atoms with Gasteiger partial charge in [0.25, 0.3) is 0 Å². The number of aliphatic hydroxyl groups is 2. The Hall–Kier alpha value is -4.20. The fourth-order valence-corrected chi connectivity index (χ4v) is 3.12. The van der Waals surface area contributed by atoms with Gasteiger partial charge in [0.2, 0.25) is 0 Å². The molecule has 236 valence electrons. The first-order valence-electron chi connectivity index (χ1n) is 13.4. The van der Waals surface area contributed by atoms with Gasteiger partial charge >= 0.3 is 24.2 Å². The molecule has 0 aliphatic rings. The van der Waals surface area contributed by atoms with Crippen molar-refractivity contribution in [3.05, 3.63) is 71.8 Å². The highest BCUT2D eigenvalue weighted by molar-refractivity contribution is 5.77. The van der Waals surface area contributed by atoms with Gasteiger partial charge in [-0.1, -0.05) is 60.7 Å². The Balaban J connectivity index is 1.56. The van der Waals surface area contributed by atoms with Gasteiger partial charge in [-0.2, -0.15) is 0 Å². The molecule has 0 radical (unpaired) electrons. The topological polar surface area (TPSA) is 173 Å². The number of aliphatic hydroxyl groups excluding tert-OH is 2. The third-order valence-corrected chi connectivity index (χ3v) is 6.02. The molecule has 2 N–H and O–H groups in total. The van der Waals surface area contributed by atoms with Gasteiger partial charge in [-0.3, -0.25) is 9.59 Å². The van der Waals surface area contributed by atoms with E-state index in [0.717, 1.165) is 11.1 Å². The molecule has 0 spiro atoms. The summed E-state index contributed by atoms with van der Waals surface area (Å²) in [6.45, 7) is 0.129. The average Bonchev–Trinajstić information content (AvgIpc) is 3.04. The third kappa shape index (κ3) is 12.7. The zero-order chi connectivity index (χ0) is 31.6. The van der Waals surface area contributed by atoms with Crippen LogP contribution in [0.1, 0.15) is 25.0 Å². The van der Waals surface area contributed by atoms with Crippen molar-refractivity contribution >= 4 is 24.2 Å². The Morgan fingerprint density at radius 1 is 0.558 bits per heavy atom. The van der Waals surface area contributed by atoms with Crippen molar-refractivity contribution in [3.8, 4) is 0 Å². The molecular formula is C30H38O13. The Bertz CT molecular complexity index is 1050. The van der Waals surface area contributed by atoms with Crippen molar-refractivity contribution < 1.29 is 62.5 Å². The number of benzene rings is 2. The summed E-state index contributed by atoms with van der Waals surface area (Å²) in [5.41, 5.74) is -1.43. The van der Waals surface area contributed by atoms with Crippen molar-refractivity contribution in [1.29, 1.82) is 0 Å². The van der Waals surface area contributed by atoms with Crippen LogP contribution in [0.2, 0.25) is 0 Å². The van der Waals surface area contributed by atoms with E-state index in [1.807, 2.05) is 12.1 Å². The molecule has 43 heavy (non-hydrogen) atoms. The predicted octanol–water partition coefficient (Wildman–Crippen LogP) is 2.79. The zero-order valence-electron chi connectivity index (χ0n) is 24.2. The summed E-state index contributed by atoms with van der Waals surface area (Å²) >= 11 is 0. The maximum absolute atomic E-state index is 12.4. The molecule has 2 unspecified atom stereocenters. The van der Waals surface area contributed by atoms with Crippen LogP contribution >= 0.6 is 0 Å². The van der Waals surface area contributed by atoms with E-state index in [-0.39, 0.29) is 39.6 Å². The largest absolute Gasteiger partial charge is 0.508 e. The van der Waals surface area contributed by atoms with Crippen molar-refractivity contribution in [1.82, 2.24) is 0 Å². The maximum Gasteiger partial charge on any atom is 0.508 e. The molecule has 2 aromatic rings. The number of hydrogen-bond acceptors (Lipinski definition) is 13. The van der Waals surface area contributed by atoms with Crippen LogP contribution in [0.3, 0.4) is 0 Å². The van der Waals surface area contributed by atoms with Crippen LogP contribution in [-0.4, -0.2) is 87.3 Å². The normalized spacial score (nSPS) is 13.5. The highest BCUT2D eigenvalue weighted by atomic mass is 16.7. The molecule has 13 heteroatoms. The second-order valence-electron chi connectivity index (χ2n) is 9.95. The third-order valence-electron chi connectivity index (χ3n) is 6.02. The summed E-state index contributed by atoms with van der Waals surface area (Å²) in [4.78, 5) is 48.5. The van der Waals surface area contributed by atoms with Crippen molar-refractivity contribution in [3.63, 3.8) is 0 Å². The highest BCUT2D eigenvalue weighted by Gasteiger charge is 2.37. The van der Waals surface area contributed by atoms with Gasteiger partial charge in [0.1, 0.15) is 50.5 Å². The van der Waals surface area contributed by atoms with E-state index in [1.165, 1.54) is 13.8 Å². The minimum atomic E-state index is -1.48. The number of ether oxygens (including phenoxy) is 7. The lowest BCUT2D eigenvalue weighted by atomic mass is 9.93. The van der Waals surface area contributed by atoms with Crippen molar-refractivity contribution in [2.24, 2.45) is 10.8 Å². The minimum Gasteiger partial charge on any atom is -0.460 e. The predicted molar refractivity (Wildman–Crippen MR) is 148 cm³/mol. The van der Waals surface area contributed by atoms with Gasteiger partial charge < -0.3 is 43.4 Å². The minimum absolute atomic E-state index is 0.00432. The number of carbonyl (C=O) groups excluding carboxylic acids is 4. The maximum atomic E-state index is 12.4. The lowest BCUT2D eigenvalue weighted by Crippen LogP contribution is -2.39. The molecule has 0 aliphatic heterocycles. The second-order valence-corrected chi connectivity index (χ2v) is 9.95. The molecule has 0 amide bonds. The Morgan fingerprint density at radius 3 is 1.28 bits per heavy atom. The molecule has 0 aromatic heterocycles. The fourth-order valence-electron chi connectivity index (χ4n) is 3.12. The van der Waals surface area contributed by atoms with E-state index in [4.69, 9.17) is 33.2 Å². The standard InChI is InChI=1S/C30H38O13/c1-29(19-31,25(33)40-17-23-9-5-3-6-10-23)21-42-27(35)38-15-13-37-14-16-39-28(36)43-22-30(2,20-32)26(34)41-18-24-11-7-4-8-12-24/h3-12,31-32H,13-22H2,1-2H3. The number of carbonyl (C=O) groups is 4. The summed E-state index contributed by atoms with van der Waals surface area (Å²) in [6, 6.07) is 17.9. The molecule has 0 saturated heterocycles. The van der Waals surface area contributed by atoms with E-state index in [1.54, 1.807) is 48.5 Å². The number of hydrogen-bond donors (Lipinski definition) is 2. The van der Waals surface area contributed by atoms with Crippen LogP contribution in [0.15, 0.2) is 60.7 Å². The number of esters is 2. The first-order chi connectivity index (χ1) is 20.6. The van der Waals surface area contributed by atoms with E-state index >= 15 is 0 Å².